The second-order valence-electron chi connectivity index (χ2n) is 4.15. The van der Waals surface area contributed by atoms with Gasteiger partial charge in [-0.2, -0.15) is 0 Å². The molecular weight excluding hydrogens is 328 g/mol. The summed E-state index contributed by atoms with van der Waals surface area (Å²) in [6.07, 6.45) is -0.664. The third-order valence-corrected chi connectivity index (χ3v) is 4.49. The van der Waals surface area contributed by atoms with Gasteiger partial charge in [-0.05, 0) is 63.1 Å². The molecule has 19 heavy (non-hydrogen) atoms. The van der Waals surface area contributed by atoms with E-state index in [4.69, 9.17) is 9.47 Å². The average Bonchev–Trinajstić information content (AvgIpc) is 2.84. The number of benzene rings is 1. The van der Waals surface area contributed by atoms with Gasteiger partial charge in [-0.1, -0.05) is 0 Å². The number of thiophene rings is 1. The van der Waals surface area contributed by atoms with Crippen molar-refractivity contribution in [1.82, 2.24) is 0 Å². The minimum Gasteiger partial charge on any atom is -0.493 e. The van der Waals surface area contributed by atoms with E-state index in [9.17, 15) is 5.11 Å². The van der Waals surface area contributed by atoms with E-state index in [0.717, 1.165) is 20.5 Å². The molecule has 102 valence electrons. The van der Waals surface area contributed by atoms with Crippen LogP contribution < -0.4 is 9.47 Å². The third kappa shape index (κ3) is 2.94. The molecule has 1 aromatic carbocycles. The van der Waals surface area contributed by atoms with Crippen molar-refractivity contribution < 1.29 is 14.6 Å². The van der Waals surface area contributed by atoms with Gasteiger partial charge in [0.1, 0.15) is 6.10 Å². The summed E-state index contributed by atoms with van der Waals surface area (Å²) in [6, 6.07) is 5.62. The van der Waals surface area contributed by atoms with Crippen LogP contribution in [0.5, 0.6) is 11.5 Å². The van der Waals surface area contributed by atoms with Crippen LogP contribution in [-0.2, 0) is 0 Å². The first-order valence-corrected chi connectivity index (χ1v) is 7.38. The average molecular weight is 343 g/mol. The van der Waals surface area contributed by atoms with E-state index >= 15 is 0 Å². The van der Waals surface area contributed by atoms with Crippen LogP contribution in [0.1, 0.15) is 22.8 Å². The number of aryl methyl sites for hydroxylation is 1. The van der Waals surface area contributed by atoms with E-state index in [0.29, 0.717) is 11.5 Å². The topological polar surface area (TPSA) is 38.7 Å². The first kappa shape index (κ1) is 14.4. The lowest BCUT2D eigenvalue weighted by Gasteiger charge is -2.16. The number of ether oxygens (including phenoxy) is 2. The number of aliphatic hydroxyl groups excluding tert-OH is 1. The number of rotatable bonds is 4. The number of hydrogen-bond donors (Lipinski definition) is 1. The minimum absolute atomic E-state index is 0.622. The zero-order valence-electron chi connectivity index (χ0n) is 10.9. The predicted octanol–water partition coefficient (Wildman–Crippen LogP) is 3.92. The molecule has 2 aromatic rings. The number of methoxy groups -OCH3 is 2. The quantitative estimate of drug-likeness (QED) is 0.915. The van der Waals surface area contributed by atoms with Crippen molar-refractivity contribution in [2.24, 2.45) is 0 Å². The van der Waals surface area contributed by atoms with Crippen molar-refractivity contribution in [2.45, 2.75) is 13.0 Å². The Hall–Kier alpha value is -1.04. The summed E-state index contributed by atoms with van der Waals surface area (Å²) in [5.74, 6) is 1.29. The highest BCUT2D eigenvalue weighted by Gasteiger charge is 2.17. The van der Waals surface area contributed by atoms with Gasteiger partial charge in [0.15, 0.2) is 11.5 Å². The molecule has 0 aliphatic rings. The van der Waals surface area contributed by atoms with Crippen molar-refractivity contribution in [3.63, 3.8) is 0 Å². The maximum absolute atomic E-state index is 10.5. The summed E-state index contributed by atoms with van der Waals surface area (Å²) in [5.41, 5.74) is 2.66. The fourth-order valence-corrected chi connectivity index (χ4v) is 3.13. The smallest absolute Gasteiger partial charge is 0.161 e. The molecule has 0 bridgehead atoms. The molecule has 0 saturated heterocycles. The summed E-state index contributed by atoms with van der Waals surface area (Å²) < 4.78 is 11.5. The number of hydrogen-bond acceptors (Lipinski definition) is 4. The number of halogens is 1. The maximum atomic E-state index is 10.5. The summed E-state index contributed by atoms with van der Waals surface area (Å²) in [4.78, 5) is 0. The molecule has 1 atom stereocenters. The number of aliphatic hydroxyl groups is 1. The second-order valence-corrected chi connectivity index (χ2v) is 6.44. The molecule has 0 saturated carbocycles. The van der Waals surface area contributed by atoms with Gasteiger partial charge in [0.2, 0.25) is 0 Å². The van der Waals surface area contributed by atoms with Gasteiger partial charge < -0.3 is 14.6 Å². The fourth-order valence-electron chi connectivity index (χ4n) is 1.94. The Morgan fingerprint density at radius 2 is 1.79 bits per heavy atom. The van der Waals surface area contributed by atoms with Gasteiger partial charge in [0.05, 0.1) is 18.0 Å². The Balaban J connectivity index is 2.44. The molecule has 2 rings (SSSR count). The van der Waals surface area contributed by atoms with Gasteiger partial charge >= 0.3 is 0 Å². The SMILES string of the molecule is COc1cc(C)c(C(O)c2csc(Br)c2)cc1OC. The van der Waals surface area contributed by atoms with Gasteiger partial charge in [0, 0.05) is 0 Å². The Labute approximate surface area is 124 Å². The van der Waals surface area contributed by atoms with E-state index in [2.05, 4.69) is 15.9 Å². The van der Waals surface area contributed by atoms with Crippen molar-refractivity contribution in [2.75, 3.05) is 14.2 Å². The molecule has 1 N–H and O–H groups in total. The van der Waals surface area contributed by atoms with Crippen LogP contribution in [-0.4, -0.2) is 19.3 Å². The summed E-state index contributed by atoms with van der Waals surface area (Å²) in [5, 5.41) is 12.4. The summed E-state index contributed by atoms with van der Waals surface area (Å²) in [7, 11) is 3.19. The van der Waals surface area contributed by atoms with E-state index in [-0.39, 0.29) is 0 Å². The van der Waals surface area contributed by atoms with Crippen LogP contribution in [0.25, 0.3) is 0 Å². The first-order valence-electron chi connectivity index (χ1n) is 5.71. The second kappa shape index (κ2) is 5.94. The van der Waals surface area contributed by atoms with E-state index in [1.165, 1.54) is 0 Å². The lowest BCUT2D eigenvalue weighted by atomic mass is 9.98. The van der Waals surface area contributed by atoms with Crippen molar-refractivity contribution in [1.29, 1.82) is 0 Å². The Bertz CT molecular complexity index is 580. The highest BCUT2D eigenvalue weighted by molar-refractivity contribution is 9.11. The monoisotopic (exact) mass is 342 g/mol. The molecule has 0 spiro atoms. The zero-order valence-corrected chi connectivity index (χ0v) is 13.3. The summed E-state index contributed by atoms with van der Waals surface area (Å²) >= 11 is 4.96. The minimum atomic E-state index is -0.664. The molecule has 0 fully saturated rings. The highest BCUT2D eigenvalue weighted by atomic mass is 79.9. The molecular formula is C14H15BrO3S. The normalized spacial score (nSPS) is 12.3. The predicted molar refractivity (Wildman–Crippen MR) is 80.4 cm³/mol. The van der Waals surface area contributed by atoms with E-state index in [1.54, 1.807) is 25.6 Å². The third-order valence-electron chi connectivity index (χ3n) is 2.97. The molecule has 0 radical (unpaired) electrons. The van der Waals surface area contributed by atoms with Crippen LogP contribution in [0.15, 0.2) is 27.4 Å². The lowest BCUT2D eigenvalue weighted by Crippen LogP contribution is -2.02. The highest BCUT2D eigenvalue weighted by Crippen LogP contribution is 2.36. The Kier molecular flexibility index (Phi) is 4.50. The molecule has 5 heteroatoms. The molecule has 1 unspecified atom stereocenters. The van der Waals surface area contributed by atoms with Crippen LogP contribution >= 0.6 is 27.3 Å². The van der Waals surface area contributed by atoms with Crippen molar-refractivity contribution >= 4 is 27.3 Å². The Morgan fingerprint density at radius 1 is 1.16 bits per heavy atom. The Morgan fingerprint density at radius 3 is 2.32 bits per heavy atom. The van der Waals surface area contributed by atoms with E-state index in [1.807, 2.05) is 30.5 Å². The molecule has 0 aliphatic heterocycles. The largest absolute Gasteiger partial charge is 0.493 e. The molecule has 0 amide bonds. The molecule has 1 aromatic heterocycles. The maximum Gasteiger partial charge on any atom is 0.161 e. The van der Waals surface area contributed by atoms with Crippen molar-refractivity contribution in [3.8, 4) is 11.5 Å². The van der Waals surface area contributed by atoms with E-state index < -0.39 is 6.10 Å². The van der Waals surface area contributed by atoms with Crippen molar-refractivity contribution in [3.05, 3.63) is 44.1 Å². The molecule has 1 heterocycles. The zero-order chi connectivity index (χ0) is 14.0. The van der Waals surface area contributed by atoms with Gasteiger partial charge in [-0.3, -0.25) is 0 Å². The van der Waals surface area contributed by atoms with Crippen LogP contribution in [0.2, 0.25) is 0 Å². The molecule has 0 aliphatic carbocycles. The first-order chi connectivity index (χ1) is 9.06. The summed E-state index contributed by atoms with van der Waals surface area (Å²) in [6.45, 7) is 1.95. The van der Waals surface area contributed by atoms with Gasteiger partial charge in [-0.15, -0.1) is 11.3 Å². The van der Waals surface area contributed by atoms with Crippen LogP contribution in [0.4, 0.5) is 0 Å². The van der Waals surface area contributed by atoms with Crippen LogP contribution in [0.3, 0.4) is 0 Å². The van der Waals surface area contributed by atoms with Gasteiger partial charge in [-0.25, -0.2) is 0 Å². The fraction of sp³-hybridized carbons (Fsp3) is 0.286. The van der Waals surface area contributed by atoms with Crippen LogP contribution in [0, 0.1) is 6.92 Å². The lowest BCUT2D eigenvalue weighted by molar-refractivity contribution is 0.219. The van der Waals surface area contributed by atoms with Gasteiger partial charge in [0.25, 0.3) is 0 Å². The molecule has 3 nitrogen and oxygen atoms in total. The standard InChI is InChI=1S/C14H15BrO3S/c1-8-4-11(17-2)12(18-3)6-10(8)14(16)9-5-13(15)19-7-9/h4-7,14,16H,1-3H3.